The molecule has 4 N–H and O–H groups in total. The van der Waals surface area contributed by atoms with Crippen LogP contribution in [0.5, 0.6) is 0 Å². The summed E-state index contributed by atoms with van der Waals surface area (Å²) in [6.07, 6.45) is -1.83. The molecule has 0 aromatic rings. The summed E-state index contributed by atoms with van der Waals surface area (Å²) in [4.78, 5) is 8.56. The van der Waals surface area contributed by atoms with Gasteiger partial charge in [0.2, 0.25) is 0 Å². The van der Waals surface area contributed by atoms with Crippen molar-refractivity contribution in [2.45, 2.75) is 0 Å². The summed E-state index contributed by atoms with van der Waals surface area (Å²) in [6, 6.07) is 0. The van der Waals surface area contributed by atoms with E-state index in [4.69, 9.17) is 15.0 Å². The minimum atomic E-state index is -1.83. The van der Waals surface area contributed by atoms with Crippen molar-refractivity contribution in [2.75, 3.05) is 0 Å². The van der Waals surface area contributed by atoms with Crippen LogP contribution in [0.1, 0.15) is 2.85 Å². The van der Waals surface area contributed by atoms with Crippen molar-refractivity contribution >= 4 is 43.9 Å². The first-order valence-electron chi connectivity index (χ1n) is 0.651. The van der Waals surface area contributed by atoms with E-state index in [0.29, 0.717) is 0 Å². The number of hydrogen-bond donors (Lipinski definition) is 2. The van der Waals surface area contributed by atoms with Gasteiger partial charge in [0.05, 0.1) is 0 Å². The molecule has 0 radical (unpaired) electrons. The van der Waals surface area contributed by atoms with E-state index in [1.807, 2.05) is 0 Å². The Labute approximate surface area is 87.4 Å². The first-order chi connectivity index (χ1) is 1.73. The second-order valence-corrected chi connectivity index (χ2v) is 0.283. The van der Waals surface area contributed by atoms with Crippen molar-refractivity contribution in [1.29, 1.82) is 0 Å². The van der Waals surface area contributed by atoms with Gasteiger partial charge >= 0.3 is 43.9 Å². The molecule has 0 aliphatic rings. The Bertz CT molecular complexity index is 41.5. The van der Waals surface area contributed by atoms with Gasteiger partial charge in [0.25, 0.3) is 0 Å². The molecule has 0 atom stereocenters. The van der Waals surface area contributed by atoms with E-state index < -0.39 is 6.16 Å². The molecule has 6 heteroatoms. The van der Waals surface area contributed by atoms with Gasteiger partial charge in [-0.3, -0.25) is 0 Å². The third-order valence-corrected chi connectivity index (χ3v) is 0. The predicted molar refractivity (Wildman–Crippen MR) is 22.2 cm³/mol. The Morgan fingerprint density at radius 3 is 1.43 bits per heavy atom. The SMILES string of the molecule is O.O=C(O)O.[Ca+2].[H-].[H-].[Mo]. The molecule has 0 aliphatic heterocycles. The summed E-state index contributed by atoms with van der Waals surface area (Å²) in [5.41, 5.74) is 0. The molecule has 0 spiro atoms. The van der Waals surface area contributed by atoms with Gasteiger partial charge in [-0.25, -0.2) is 4.79 Å². The van der Waals surface area contributed by atoms with Crippen LogP contribution in [0.4, 0.5) is 4.79 Å². The summed E-state index contributed by atoms with van der Waals surface area (Å²) in [5.74, 6) is 0. The maximum atomic E-state index is 8.56. The van der Waals surface area contributed by atoms with Gasteiger partial charge in [0.1, 0.15) is 0 Å². The van der Waals surface area contributed by atoms with Gasteiger partial charge < -0.3 is 18.5 Å². The van der Waals surface area contributed by atoms with E-state index in [9.17, 15) is 0 Å². The quantitative estimate of drug-likeness (QED) is 0.523. The first kappa shape index (κ1) is 24.1. The Morgan fingerprint density at radius 2 is 1.43 bits per heavy atom. The summed E-state index contributed by atoms with van der Waals surface area (Å²) in [6.45, 7) is 0. The molecule has 0 bridgehead atoms. The van der Waals surface area contributed by atoms with Crippen molar-refractivity contribution in [3.8, 4) is 0 Å². The van der Waals surface area contributed by atoms with Crippen LogP contribution in [0.15, 0.2) is 0 Å². The molecule has 0 aliphatic carbocycles. The molecule has 0 heterocycles. The average molecular weight is 218 g/mol. The number of hydrogen-bond acceptors (Lipinski definition) is 1. The Kier molecular flexibility index (Phi) is 54.1. The maximum absolute atomic E-state index is 8.56. The average Bonchev–Trinajstić information content (AvgIpc) is 0.811. The Hall–Kier alpha value is 1.18. The number of carboxylic acid groups (broad SMARTS) is 2. The third kappa shape index (κ3) is 139. The van der Waals surface area contributed by atoms with Crippen LogP contribution in [0.2, 0.25) is 0 Å². The molecule has 0 amide bonds. The van der Waals surface area contributed by atoms with Crippen molar-refractivity contribution in [1.82, 2.24) is 0 Å². The van der Waals surface area contributed by atoms with Crippen LogP contribution >= 0.6 is 0 Å². The molecule has 42 valence electrons. The minimum absolute atomic E-state index is 0. The standard InChI is InChI=1S/CH2O3.Ca.Mo.H2O.2H/c2-1(3)4;;;;;/h(H2,2,3,4);;;1H2;;/q;+2;;;2*-1. The second kappa shape index (κ2) is 15.7. The van der Waals surface area contributed by atoms with Crippen LogP contribution in [0.25, 0.3) is 0 Å². The molecular weight excluding hydrogens is 212 g/mol. The number of carbonyl (C=O) groups is 1. The van der Waals surface area contributed by atoms with Crippen LogP contribution in [0.3, 0.4) is 0 Å². The van der Waals surface area contributed by atoms with Crippen molar-refractivity contribution in [3.63, 3.8) is 0 Å². The summed E-state index contributed by atoms with van der Waals surface area (Å²) in [5, 5.41) is 13.9. The molecule has 0 fully saturated rings. The van der Waals surface area contributed by atoms with Gasteiger partial charge in [-0.2, -0.15) is 0 Å². The van der Waals surface area contributed by atoms with Crippen LogP contribution < -0.4 is 0 Å². The van der Waals surface area contributed by atoms with E-state index in [1.54, 1.807) is 0 Å². The largest absolute Gasteiger partial charge is 2.00 e. The summed E-state index contributed by atoms with van der Waals surface area (Å²) < 4.78 is 0. The fourth-order valence-electron chi connectivity index (χ4n) is 0. The van der Waals surface area contributed by atoms with Crippen LogP contribution in [-0.2, 0) is 21.1 Å². The van der Waals surface area contributed by atoms with Gasteiger partial charge in [-0.15, -0.1) is 0 Å². The minimum Gasteiger partial charge on any atom is -1.00 e. The van der Waals surface area contributed by atoms with E-state index in [2.05, 4.69) is 0 Å². The normalized spacial score (nSPS) is 3.43. The molecule has 0 rings (SSSR count). The zero-order valence-electron chi connectivity index (χ0n) is 5.42. The third-order valence-electron chi connectivity index (χ3n) is 0. The van der Waals surface area contributed by atoms with E-state index >= 15 is 0 Å². The zero-order valence-corrected chi connectivity index (χ0v) is 7.63. The Morgan fingerprint density at radius 1 is 1.43 bits per heavy atom. The molecule has 0 saturated heterocycles. The van der Waals surface area contributed by atoms with E-state index in [1.165, 1.54) is 0 Å². The maximum Gasteiger partial charge on any atom is 2.00 e. The molecule has 0 saturated carbocycles. The van der Waals surface area contributed by atoms with Gasteiger partial charge in [0, 0.05) is 21.1 Å². The topological polar surface area (TPSA) is 89.0 Å². The fraction of sp³-hybridized carbons (Fsp3) is 0. The Balaban J connectivity index is -0.00000000450. The predicted octanol–water partition coefficient (Wildman–Crippen LogP) is -0.761. The van der Waals surface area contributed by atoms with Crippen LogP contribution in [-0.4, -0.2) is 59.6 Å². The molecule has 0 aromatic heterocycles. The van der Waals surface area contributed by atoms with E-state index in [0.717, 1.165) is 0 Å². The fourth-order valence-corrected chi connectivity index (χ4v) is 0. The molecular formula is CH6CaMoO4. The van der Waals surface area contributed by atoms with Crippen molar-refractivity contribution in [3.05, 3.63) is 0 Å². The second-order valence-electron chi connectivity index (χ2n) is 0.283. The van der Waals surface area contributed by atoms with Gasteiger partial charge in [0.15, 0.2) is 0 Å². The summed E-state index contributed by atoms with van der Waals surface area (Å²) in [7, 11) is 0. The first-order valence-corrected chi connectivity index (χ1v) is 0.651. The number of rotatable bonds is 0. The molecule has 0 aromatic carbocycles. The van der Waals surface area contributed by atoms with Crippen molar-refractivity contribution < 1.29 is 44.4 Å². The monoisotopic (exact) mass is 220 g/mol. The molecule has 0 unspecified atom stereocenters. The molecule has 7 heavy (non-hydrogen) atoms. The van der Waals surface area contributed by atoms with E-state index in [-0.39, 0.29) is 67.1 Å². The van der Waals surface area contributed by atoms with Crippen LogP contribution in [0, 0.1) is 0 Å². The van der Waals surface area contributed by atoms with Gasteiger partial charge in [-0.1, -0.05) is 0 Å². The van der Waals surface area contributed by atoms with Crippen molar-refractivity contribution in [2.24, 2.45) is 0 Å². The zero-order chi connectivity index (χ0) is 3.58. The molecule has 4 nitrogen and oxygen atoms in total. The summed E-state index contributed by atoms with van der Waals surface area (Å²) >= 11 is 0. The van der Waals surface area contributed by atoms with Gasteiger partial charge in [-0.05, 0) is 0 Å². The smallest absolute Gasteiger partial charge is 1.00 e.